The first kappa shape index (κ1) is 14.9. The van der Waals surface area contributed by atoms with Crippen LogP contribution < -0.4 is 0 Å². The van der Waals surface area contributed by atoms with Crippen LogP contribution in [0.2, 0.25) is 0 Å². The molecule has 1 aromatic heterocycles. The van der Waals surface area contributed by atoms with Crippen molar-refractivity contribution in [1.82, 2.24) is 14.5 Å². The SMILES string of the molecule is CCOC(=O)[C@H]1CCCCN1Cc1nccn1C(F)F. The number of esters is 1. The zero-order valence-electron chi connectivity index (χ0n) is 11.5. The minimum atomic E-state index is -2.61. The third-order valence-electron chi connectivity index (χ3n) is 3.48. The maximum Gasteiger partial charge on any atom is 0.323 e. The van der Waals surface area contributed by atoms with Crippen molar-refractivity contribution in [2.75, 3.05) is 13.2 Å². The van der Waals surface area contributed by atoms with Gasteiger partial charge < -0.3 is 4.74 Å². The van der Waals surface area contributed by atoms with E-state index in [1.54, 1.807) is 6.92 Å². The number of carbonyl (C=O) groups is 1. The number of imidazole rings is 1. The van der Waals surface area contributed by atoms with E-state index in [-0.39, 0.29) is 24.4 Å². The van der Waals surface area contributed by atoms with Crippen LogP contribution in [0.25, 0.3) is 0 Å². The number of hydrogen-bond acceptors (Lipinski definition) is 4. The lowest BCUT2D eigenvalue weighted by atomic mass is 10.0. The molecule has 0 saturated carbocycles. The smallest absolute Gasteiger partial charge is 0.323 e. The minimum Gasteiger partial charge on any atom is -0.465 e. The van der Waals surface area contributed by atoms with Crippen molar-refractivity contribution >= 4 is 5.97 Å². The molecular weight excluding hydrogens is 268 g/mol. The molecular formula is C13H19F2N3O2. The number of aromatic nitrogens is 2. The molecule has 20 heavy (non-hydrogen) atoms. The van der Waals surface area contributed by atoms with Crippen LogP contribution in [0, 0.1) is 0 Å². The molecule has 2 heterocycles. The zero-order valence-corrected chi connectivity index (χ0v) is 11.5. The molecule has 1 saturated heterocycles. The molecule has 7 heteroatoms. The fourth-order valence-electron chi connectivity index (χ4n) is 2.51. The van der Waals surface area contributed by atoms with Gasteiger partial charge in [0.2, 0.25) is 0 Å². The molecule has 1 aliphatic rings. The van der Waals surface area contributed by atoms with Gasteiger partial charge in [0, 0.05) is 12.4 Å². The monoisotopic (exact) mass is 287 g/mol. The molecule has 0 amide bonds. The van der Waals surface area contributed by atoms with Crippen LogP contribution >= 0.6 is 0 Å². The fourth-order valence-corrected chi connectivity index (χ4v) is 2.51. The van der Waals surface area contributed by atoms with Crippen molar-refractivity contribution in [2.24, 2.45) is 0 Å². The second kappa shape index (κ2) is 6.78. The van der Waals surface area contributed by atoms with E-state index < -0.39 is 6.55 Å². The van der Waals surface area contributed by atoms with Gasteiger partial charge >= 0.3 is 12.5 Å². The van der Waals surface area contributed by atoms with Crippen molar-refractivity contribution in [3.8, 4) is 0 Å². The average molecular weight is 287 g/mol. The van der Waals surface area contributed by atoms with Crippen molar-refractivity contribution < 1.29 is 18.3 Å². The molecule has 1 fully saturated rings. The van der Waals surface area contributed by atoms with Crippen LogP contribution in [0.5, 0.6) is 0 Å². The van der Waals surface area contributed by atoms with Crippen LogP contribution in [0.15, 0.2) is 12.4 Å². The van der Waals surface area contributed by atoms with Gasteiger partial charge in [-0.3, -0.25) is 14.3 Å². The number of nitrogens with zero attached hydrogens (tertiary/aromatic N) is 3. The number of carbonyl (C=O) groups excluding carboxylic acids is 1. The molecule has 0 aliphatic carbocycles. The lowest BCUT2D eigenvalue weighted by Crippen LogP contribution is -2.45. The second-order valence-electron chi connectivity index (χ2n) is 4.76. The van der Waals surface area contributed by atoms with Crippen LogP contribution in [0.1, 0.15) is 38.6 Å². The summed E-state index contributed by atoms with van der Waals surface area (Å²) in [7, 11) is 0. The third kappa shape index (κ3) is 3.33. The molecule has 2 rings (SSSR count). The Morgan fingerprint density at radius 3 is 3.05 bits per heavy atom. The number of piperidine rings is 1. The van der Waals surface area contributed by atoms with Gasteiger partial charge in [0.05, 0.1) is 13.2 Å². The molecule has 0 unspecified atom stereocenters. The summed E-state index contributed by atoms with van der Waals surface area (Å²) in [6.45, 7) is 0.405. The Kier molecular flexibility index (Phi) is 5.05. The summed E-state index contributed by atoms with van der Waals surface area (Å²) in [6.07, 6.45) is 5.21. The van der Waals surface area contributed by atoms with E-state index in [1.807, 2.05) is 4.90 Å². The van der Waals surface area contributed by atoms with E-state index in [0.29, 0.717) is 19.6 Å². The van der Waals surface area contributed by atoms with Gasteiger partial charge in [0.25, 0.3) is 0 Å². The van der Waals surface area contributed by atoms with E-state index >= 15 is 0 Å². The zero-order chi connectivity index (χ0) is 14.5. The van der Waals surface area contributed by atoms with Gasteiger partial charge in [-0.25, -0.2) is 4.98 Å². The normalized spacial score (nSPS) is 20.3. The number of likely N-dealkylation sites (tertiary alicyclic amines) is 1. The van der Waals surface area contributed by atoms with Crippen molar-refractivity contribution in [2.45, 2.75) is 45.3 Å². The largest absolute Gasteiger partial charge is 0.465 e. The number of rotatable bonds is 5. The highest BCUT2D eigenvalue weighted by Crippen LogP contribution is 2.22. The Morgan fingerprint density at radius 1 is 1.55 bits per heavy atom. The number of halogens is 2. The summed E-state index contributed by atoms with van der Waals surface area (Å²) in [4.78, 5) is 17.8. The van der Waals surface area contributed by atoms with E-state index in [0.717, 1.165) is 17.4 Å². The third-order valence-corrected chi connectivity index (χ3v) is 3.48. The molecule has 5 nitrogen and oxygen atoms in total. The van der Waals surface area contributed by atoms with Crippen LogP contribution in [0.4, 0.5) is 8.78 Å². The average Bonchev–Trinajstić information content (AvgIpc) is 2.88. The van der Waals surface area contributed by atoms with Gasteiger partial charge in [-0.2, -0.15) is 8.78 Å². The molecule has 0 spiro atoms. The van der Waals surface area contributed by atoms with Gasteiger partial charge in [-0.05, 0) is 26.3 Å². The summed E-state index contributed by atoms with van der Waals surface area (Å²) in [5, 5.41) is 0. The first-order chi connectivity index (χ1) is 9.63. The second-order valence-corrected chi connectivity index (χ2v) is 4.76. The van der Waals surface area contributed by atoms with Gasteiger partial charge in [-0.1, -0.05) is 6.42 Å². The standard InChI is InChI=1S/C13H19F2N3O2/c1-2-20-12(19)10-5-3-4-7-17(10)9-11-16-6-8-18(11)13(14)15/h6,8,10,13H,2-5,7,9H2,1H3/t10-/m1/s1. The molecule has 0 aromatic carbocycles. The summed E-state index contributed by atoms with van der Waals surface area (Å²) in [6, 6.07) is -0.355. The Labute approximate surface area is 116 Å². The van der Waals surface area contributed by atoms with E-state index in [1.165, 1.54) is 12.4 Å². The molecule has 1 aliphatic heterocycles. The molecule has 0 bridgehead atoms. The quantitative estimate of drug-likeness (QED) is 0.779. The number of alkyl halides is 2. The maximum absolute atomic E-state index is 12.8. The molecule has 1 aromatic rings. The van der Waals surface area contributed by atoms with E-state index in [4.69, 9.17) is 4.74 Å². The summed E-state index contributed by atoms with van der Waals surface area (Å²) >= 11 is 0. The summed E-state index contributed by atoms with van der Waals surface area (Å²) in [5.74, 6) is -0.00134. The first-order valence-corrected chi connectivity index (χ1v) is 6.84. The lowest BCUT2D eigenvalue weighted by molar-refractivity contribution is -0.151. The van der Waals surface area contributed by atoms with Gasteiger partial charge in [-0.15, -0.1) is 0 Å². The Hall–Kier alpha value is -1.50. The Bertz CT molecular complexity index is 451. The summed E-state index contributed by atoms with van der Waals surface area (Å²) in [5.41, 5.74) is 0. The Balaban J connectivity index is 2.08. The predicted molar refractivity (Wildman–Crippen MR) is 68.2 cm³/mol. The van der Waals surface area contributed by atoms with E-state index in [2.05, 4.69) is 4.98 Å². The highest BCUT2D eigenvalue weighted by atomic mass is 19.3. The minimum absolute atomic E-state index is 0.237. The Morgan fingerprint density at radius 2 is 2.35 bits per heavy atom. The lowest BCUT2D eigenvalue weighted by Gasteiger charge is -2.33. The molecule has 0 radical (unpaired) electrons. The maximum atomic E-state index is 12.8. The molecule has 112 valence electrons. The highest BCUT2D eigenvalue weighted by Gasteiger charge is 2.30. The van der Waals surface area contributed by atoms with Gasteiger partial charge in [0.1, 0.15) is 11.9 Å². The molecule has 1 atom stereocenters. The number of ether oxygens (including phenoxy) is 1. The number of hydrogen-bond donors (Lipinski definition) is 0. The fraction of sp³-hybridized carbons (Fsp3) is 0.692. The van der Waals surface area contributed by atoms with Crippen LogP contribution in [-0.4, -0.2) is 39.6 Å². The topological polar surface area (TPSA) is 47.4 Å². The molecule has 0 N–H and O–H groups in total. The van der Waals surface area contributed by atoms with Crippen LogP contribution in [-0.2, 0) is 16.1 Å². The van der Waals surface area contributed by atoms with Crippen molar-refractivity contribution in [1.29, 1.82) is 0 Å². The van der Waals surface area contributed by atoms with Crippen LogP contribution in [0.3, 0.4) is 0 Å². The predicted octanol–water partition coefficient (Wildman–Crippen LogP) is 2.20. The first-order valence-electron chi connectivity index (χ1n) is 6.84. The van der Waals surface area contributed by atoms with Crippen molar-refractivity contribution in [3.63, 3.8) is 0 Å². The van der Waals surface area contributed by atoms with Crippen molar-refractivity contribution in [3.05, 3.63) is 18.2 Å². The summed E-state index contributed by atoms with van der Waals surface area (Å²) < 4.78 is 31.5. The van der Waals surface area contributed by atoms with Gasteiger partial charge in [0.15, 0.2) is 0 Å². The van der Waals surface area contributed by atoms with E-state index in [9.17, 15) is 13.6 Å². The highest BCUT2D eigenvalue weighted by molar-refractivity contribution is 5.75.